The minimum Gasteiger partial charge on any atom is -0.326 e. The van der Waals surface area contributed by atoms with Crippen molar-refractivity contribution in [3.63, 3.8) is 0 Å². The molecule has 2 aromatic rings. The highest BCUT2D eigenvalue weighted by Crippen LogP contribution is 2.27. The summed E-state index contributed by atoms with van der Waals surface area (Å²) in [6.45, 7) is 6.38. The summed E-state index contributed by atoms with van der Waals surface area (Å²) >= 11 is 0. The number of carbonyl (C=O) groups is 2. The third-order valence-corrected chi connectivity index (χ3v) is 4.64. The highest BCUT2D eigenvalue weighted by Gasteiger charge is 2.28. The maximum absolute atomic E-state index is 12.7. The van der Waals surface area contributed by atoms with E-state index in [-0.39, 0.29) is 11.9 Å². The molecule has 0 fully saturated rings. The van der Waals surface area contributed by atoms with E-state index in [1.165, 1.54) is 11.1 Å². The molecule has 3 amide bonds. The molecule has 2 N–H and O–H groups in total. The quantitative estimate of drug-likeness (QED) is 0.902. The number of aryl methyl sites for hydroxylation is 2. The Bertz CT molecular complexity index is 816. The van der Waals surface area contributed by atoms with Gasteiger partial charge in [0, 0.05) is 17.9 Å². The molecule has 0 bridgehead atoms. The summed E-state index contributed by atoms with van der Waals surface area (Å²) in [4.78, 5) is 26.6. The van der Waals surface area contributed by atoms with Gasteiger partial charge < -0.3 is 15.5 Å². The van der Waals surface area contributed by atoms with Crippen molar-refractivity contribution in [2.45, 2.75) is 33.2 Å². The Labute approximate surface area is 148 Å². The number of anilines is 2. The summed E-state index contributed by atoms with van der Waals surface area (Å²) in [6.07, 6.45) is 0.851. The number of rotatable bonds is 3. The van der Waals surface area contributed by atoms with Crippen molar-refractivity contribution in [2.24, 2.45) is 0 Å². The summed E-state index contributed by atoms with van der Waals surface area (Å²) < 4.78 is 0. The summed E-state index contributed by atoms with van der Waals surface area (Å²) in [5.41, 5.74) is 5.10. The molecule has 1 aliphatic heterocycles. The zero-order valence-electron chi connectivity index (χ0n) is 14.8. The molecule has 0 aromatic heterocycles. The summed E-state index contributed by atoms with van der Waals surface area (Å²) in [7, 11) is 0. The van der Waals surface area contributed by atoms with Gasteiger partial charge in [-0.25, -0.2) is 4.79 Å². The third-order valence-electron chi connectivity index (χ3n) is 4.64. The molecule has 2 aromatic carbocycles. The second-order valence-electron chi connectivity index (χ2n) is 6.49. The van der Waals surface area contributed by atoms with Gasteiger partial charge in [-0.1, -0.05) is 24.3 Å². The number of carbonyl (C=O) groups excluding carboxylic acids is 2. The lowest BCUT2D eigenvalue weighted by atomic mass is 10.1. The summed E-state index contributed by atoms with van der Waals surface area (Å²) in [5, 5.41) is 5.51. The van der Waals surface area contributed by atoms with Gasteiger partial charge in [0.05, 0.1) is 0 Å². The number of benzene rings is 2. The van der Waals surface area contributed by atoms with E-state index in [1.807, 2.05) is 56.3 Å². The van der Waals surface area contributed by atoms with Crippen LogP contribution in [0, 0.1) is 13.8 Å². The number of hydrogen-bond donors (Lipinski definition) is 2. The zero-order valence-corrected chi connectivity index (χ0v) is 14.8. The average Bonchev–Trinajstić information content (AvgIpc) is 3.01. The standard InChI is InChI=1S/C20H23N3O2/c1-13-8-9-17(12-14(13)2)22-20(25)21-15(3)19(24)23-11-10-16-6-4-5-7-18(16)23/h4-9,12,15H,10-11H2,1-3H3,(H2,21,22,25). The first-order valence-corrected chi connectivity index (χ1v) is 8.50. The number of nitrogens with zero attached hydrogens (tertiary/aromatic N) is 1. The molecule has 0 radical (unpaired) electrons. The largest absolute Gasteiger partial charge is 0.326 e. The Morgan fingerprint density at radius 1 is 1.08 bits per heavy atom. The van der Waals surface area contributed by atoms with Crippen LogP contribution in [-0.4, -0.2) is 24.5 Å². The van der Waals surface area contributed by atoms with Crippen molar-refractivity contribution in [1.29, 1.82) is 0 Å². The van der Waals surface area contributed by atoms with Crippen molar-refractivity contribution in [2.75, 3.05) is 16.8 Å². The molecule has 5 heteroatoms. The van der Waals surface area contributed by atoms with E-state index >= 15 is 0 Å². The molecule has 0 spiro atoms. The van der Waals surface area contributed by atoms with Gasteiger partial charge in [-0.2, -0.15) is 0 Å². The van der Waals surface area contributed by atoms with Crippen LogP contribution in [0.5, 0.6) is 0 Å². The summed E-state index contributed by atoms with van der Waals surface area (Å²) in [5.74, 6) is -0.0970. The molecule has 1 unspecified atom stereocenters. The molecular formula is C20H23N3O2. The van der Waals surface area contributed by atoms with Crippen LogP contribution in [0.3, 0.4) is 0 Å². The average molecular weight is 337 g/mol. The molecular weight excluding hydrogens is 314 g/mol. The minimum absolute atomic E-state index is 0.0970. The highest BCUT2D eigenvalue weighted by atomic mass is 16.2. The van der Waals surface area contributed by atoms with Crippen LogP contribution in [0.1, 0.15) is 23.6 Å². The van der Waals surface area contributed by atoms with Gasteiger partial charge in [0.15, 0.2) is 0 Å². The van der Waals surface area contributed by atoms with Crippen LogP contribution >= 0.6 is 0 Å². The second-order valence-corrected chi connectivity index (χ2v) is 6.49. The van der Waals surface area contributed by atoms with Crippen LogP contribution in [-0.2, 0) is 11.2 Å². The Morgan fingerprint density at radius 2 is 1.84 bits per heavy atom. The van der Waals surface area contributed by atoms with Gasteiger partial charge in [0.1, 0.15) is 6.04 Å². The van der Waals surface area contributed by atoms with Gasteiger partial charge in [0.2, 0.25) is 5.91 Å². The van der Waals surface area contributed by atoms with E-state index in [2.05, 4.69) is 10.6 Å². The van der Waals surface area contributed by atoms with Crippen LogP contribution in [0.4, 0.5) is 16.2 Å². The lowest BCUT2D eigenvalue weighted by Gasteiger charge is -2.22. The lowest BCUT2D eigenvalue weighted by Crippen LogP contribution is -2.47. The van der Waals surface area contributed by atoms with Gasteiger partial charge in [-0.3, -0.25) is 4.79 Å². The van der Waals surface area contributed by atoms with Gasteiger partial charge >= 0.3 is 6.03 Å². The van der Waals surface area contributed by atoms with Crippen molar-refractivity contribution in [3.05, 3.63) is 59.2 Å². The van der Waals surface area contributed by atoms with E-state index in [0.29, 0.717) is 12.2 Å². The molecule has 130 valence electrons. The van der Waals surface area contributed by atoms with Crippen LogP contribution < -0.4 is 15.5 Å². The van der Waals surface area contributed by atoms with Crippen molar-refractivity contribution >= 4 is 23.3 Å². The molecule has 1 heterocycles. The predicted octanol–water partition coefficient (Wildman–Crippen LogP) is 3.40. The number of para-hydroxylation sites is 1. The SMILES string of the molecule is Cc1ccc(NC(=O)NC(C)C(=O)N2CCc3ccccc32)cc1C. The molecule has 0 aliphatic carbocycles. The predicted molar refractivity (Wildman–Crippen MR) is 100 cm³/mol. The van der Waals surface area contributed by atoms with Crippen LogP contribution in [0.25, 0.3) is 0 Å². The smallest absolute Gasteiger partial charge is 0.319 e. The monoisotopic (exact) mass is 337 g/mol. The Hall–Kier alpha value is -2.82. The maximum atomic E-state index is 12.7. The molecule has 3 rings (SSSR count). The molecule has 25 heavy (non-hydrogen) atoms. The molecule has 0 saturated heterocycles. The zero-order chi connectivity index (χ0) is 18.0. The second kappa shape index (κ2) is 6.97. The summed E-state index contributed by atoms with van der Waals surface area (Å²) in [6, 6.07) is 12.6. The van der Waals surface area contributed by atoms with Gasteiger partial charge in [-0.15, -0.1) is 0 Å². The van der Waals surface area contributed by atoms with E-state index in [4.69, 9.17) is 0 Å². The van der Waals surface area contributed by atoms with E-state index < -0.39 is 6.04 Å². The van der Waals surface area contributed by atoms with E-state index in [1.54, 1.807) is 11.8 Å². The number of amides is 3. The van der Waals surface area contributed by atoms with Gasteiger partial charge in [0.25, 0.3) is 0 Å². The Morgan fingerprint density at radius 3 is 2.60 bits per heavy atom. The fraction of sp³-hybridized carbons (Fsp3) is 0.300. The number of urea groups is 1. The topological polar surface area (TPSA) is 61.4 Å². The third kappa shape index (κ3) is 3.65. The van der Waals surface area contributed by atoms with Crippen molar-refractivity contribution in [3.8, 4) is 0 Å². The maximum Gasteiger partial charge on any atom is 0.319 e. The van der Waals surface area contributed by atoms with Gasteiger partial charge in [-0.05, 0) is 62.1 Å². The number of nitrogens with one attached hydrogen (secondary N) is 2. The Kier molecular flexibility index (Phi) is 4.74. The molecule has 1 atom stereocenters. The highest BCUT2D eigenvalue weighted by molar-refractivity contribution is 6.01. The Balaban J connectivity index is 1.62. The van der Waals surface area contributed by atoms with Crippen LogP contribution in [0.15, 0.2) is 42.5 Å². The molecule has 5 nitrogen and oxygen atoms in total. The fourth-order valence-electron chi connectivity index (χ4n) is 3.05. The molecule has 1 aliphatic rings. The number of hydrogen-bond acceptors (Lipinski definition) is 2. The first kappa shape index (κ1) is 17.0. The first-order chi connectivity index (χ1) is 12.0. The van der Waals surface area contributed by atoms with E-state index in [9.17, 15) is 9.59 Å². The fourth-order valence-corrected chi connectivity index (χ4v) is 3.05. The molecule has 0 saturated carbocycles. The van der Waals surface area contributed by atoms with Crippen molar-refractivity contribution < 1.29 is 9.59 Å². The van der Waals surface area contributed by atoms with Crippen LogP contribution in [0.2, 0.25) is 0 Å². The van der Waals surface area contributed by atoms with E-state index in [0.717, 1.165) is 17.7 Å². The normalized spacial score (nSPS) is 14.0. The lowest BCUT2D eigenvalue weighted by molar-refractivity contribution is -0.119. The first-order valence-electron chi connectivity index (χ1n) is 8.50. The number of fused-ring (bicyclic) bond motifs is 1. The van der Waals surface area contributed by atoms with Crippen molar-refractivity contribution in [1.82, 2.24) is 5.32 Å². The minimum atomic E-state index is -0.599.